The number of benzene rings is 2. The van der Waals surface area contributed by atoms with E-state index in [9.17, 15) is 4.79 Å². The molecule has 0 amide bonds. The van der Waals surface area contributed by atoms with Crippen molar-refractivity contribution in [3.8, 4) is 23.0 Å². The van der Waals surface area contributed by atoms with E-state index in [1.807, 2.05) is 18.2 Å². The van der Waals surface area contributed by atoms with Crippen LogP contribution in [0.4, 0.5) is 0 Å². The number of fused-ring (bicyclic) bond motifs is 2. The molecule has 0 N–H and O–H groups in total. The van der Waals surface area contributed by atoms with Gasteiger partial charge in [0.05, 0.1) is 14.2 Å². The highest BCUT2D eigenvalue weighted by molar-refractivity contribution is 9.10. The normalized spacial score (nSPS) is 12.8. The summed E-state index contributed by atoms with van der Waals surface area (Å²) in [6, 6.07) is 9.00. The third kappa shape index (κ3) is 2.49. The Morgan fingerprint density at radius 3 is 2.62 bits per heavy atom. The van der Waals surface area contributed by atoms with Crippen LogP contribution in [0.5, 0.6) is 23.0 Å². The minimum atomic E-state index is -0.0404. The van der Waals surface area contributed by atoms with E-state index in [0.29, 0.717) is 28.6 Å². The van der Waals surface area contributed by atoms with Crippen LogP contribution in [-0.4, -0.2) is 20.0 Å². The van der Waals surface area contributed by atoms with Crippen molar-refractivity contribution in [1.29, 1.82) is 0 Å². The van der Waals surface area contributed by atoms with E-state index < -0.39 is 0 Å². The minimum absolute atomic E-state index is 0.0404. The Bertz CT molecular complexity index is 724. The minimum Gasteiger partial charge on any atom is -0.496 e. The molecule has 1 aliphatic heterocycles. The SMILES string of the molecule is COc1cc(OC)c2c(c1)Oc1ccc(Br)cc1CC2=O. The number of carbonyl (C=O) groups is 1. The monoisotopic (exact) mass is 348 g/mol. The average Bonchev–Trinajstić information content (AvgIpc) is 2.61. The summed E-state index contributed by atoms with van der Waals surface area (Å²) in [7, 11) is 3.09. The lowest BCUT2D eigenvalue weighted by molar-refractivity contribution is 0.0990. The summed E-state index contributed by atoms with van der Waals surface area (Å²) in [5.41, 5.74) is 1.29. The van der Waals surface area contributed by atoms with E-state index in [1.54, 1.807) is 19.2 Å². The number of methoxy groups -OCH3 is 2. The molecule has 0 aliphatic carbocycles. The molecule has 0 aromatic heterocycles. The van der Waals surface area contributed by atoms with Gasteiger partial charge in [-0.25, -0.2) is 0 Å². The molecule has 1 heterocycles. The van der Waals surface area contributed by atoms with Crippen LogP contribution in [0.2, 0.25) is 0 Å². The highest BCUT2D eigenvalue weighted by Crippen LogP contribution is 2.41. The van der Waals surface area contributed by atoms with Crippen molar-refractivity contribution >= 4 is 21.7 Å². The predicted octanol–water partition coefficient (Wildman–Crippen LogP) is 4.00. The van der Waals surface area contributed by atoms with Crippen LogP contribution < -0.4 is 14.2 Å². The Balaban J connectivity index is 2.19. The van der Waals surface area contributed by atoms with E-state index >= 15 is 0 Å². The lowest BCUT2D eigenvalue weighted by atomic mass is 10.0. The van der Waals surface area contributed by atoms with Gasteiger partial charge in [0.25, 0.3) is 0 Å². The first kappa shape index (κ1) is 13.9. The van der Waals surface area contributed by atoms with Crippen molar-refractivity contribution in [2.45, 2.75) is 6.42 Å². The Morgan fingerprint density at radius 1 is 1.10 bits per heavy atom. The number of ketones is 1. The highest BCUT2D eigenvalue weighted by Gasteiger charge is 2.26. The van der Waals surface area contributed by atoms with Gasteiger partial charge in [0.15, 0.2) is 5.78 Å². The standard InChI is InChI=1S/C16H13BrO4/c1-19-11-7-14(20-2)16-12(18)6-9-5-10(17)3-4-13(9)21-15(16)8-11/h3-5,7-8H,6H2,1-2H3. The van der Waals surface area contributed by atoms with Crippen molar-refractivity contribution < 1.29 is 19.0 Å². The Labute approximate surface area is 130 Å². The first-order valence-corrected chi connectivity index (χ1v) is 7.17. The summed E-state index contributed by atoms with van der Waals surface area (Å²) in [6.45, 7) is 0. The molecule has 0 saturated carbocycles. The first-order chi connectivity index (χ1) is 10.1. The van der Waals surface area contributed by atoms with Crippen molar-refractivity contribution in [2.75, 3.05) is 14.2 Å². The first-order valence-electron chi connectivity index (χ1n) is 6.38. The molecule has 0 saturated heterocycles. The van der Waals surface area contributed by atoms with Crippen molar-refractivity contribution in [1.82, 2.24) is 0 Å². The quantitative estimate of drug-likeness (QED) is 0.822. The lowest BCUT2D eigenvalue weighted by Crippen LogP contribution is -2.05. The molecule has 0 bridgehead atoms. The van der Waals surface area contributed by atoms with Gasteiger partial charge in [0.2, 0.25) is 0 Å². The van der Waals surface area contributed by atoms with Crippen LogP contribution in [-0.2, 0) is 6.42 Å². The summed E-state index contributed by atoms with van der Waals surface area (Å²) in [5.74, 6) is 2.12. The van der Waals surface area contributed by atoms with Crippen molar-refractivity contribution in [3.63, 3.8) is 0 Å². The number of ether oxygens (including phenoxy) is 3. The average molecular weight is 349 g/mol. The van der Waals surface area contributed by atoms with Gasteiger partial charge in [-0.05, 0) is 18.2 Å². The van der Waals surface area contributed by atoms with Gasteiger partial charge in [-0.2, -0.15) is 0 Å². The molecule has 4 nitrogen and oxygen atoms in total. The van der Waals surface area contributed by atoms with Crippen LogP contribution >= 0.6 is 15.9 Å². The molecular formula is C16H13BrO4. The fourth-order valence-electron chi connectivity index (χ4n) is 2.37. The van der Waals surface area contributed by atoms with Gasteiger partial charge < -0.3 is 14.2 Å². The maximum atomic E-state index is 12.5. The zero-order chi connectivity index (χ0) is 15.0. The number of Topliss-reactive ketones (excluding diaryl/α,β-unsaturated/α-hetero) is 1. The molecule has 0 fully saturated rings. The molecule has 2 aromatic carbocycles. The summed E-state index contributed by atoms with van der Waals surface area (Å²) in [4.78, 5) is 12.5. The zero-order valence-electron chi connectivity index (χ0n) is 11.6. The molecular weight excluding hydrogens is 336 g/mol. The number of rotatable bonds is 2. The predicted molar refractivity (Wildman–Crippen MR) is 81.8 cm³/mol. The van der Waals surface area contributed by atoms with E-state index in [4.69, 9.17) is 14.2 Å². The smallest absolute Gasteiger partial charge is 0.174 e. The van der Waals surface area contributed by atoms with Crippen LogP contribution in [0, 0.1) is 0 Å². The summed E-state index contributed by atoms with van der Waals surface area (Å²) >= 11 is 3.41. The Kier molecular flexibility index (Phi) is 3.59. The number of carbonyl (C=O) groups excluding carboxylic acids is 1. The highest BCUT2D eigenvalue weighted by atomic mass is 79.9. The molecule has 1 aliphatic rings. The molecule has 108 valence electrons. The van der Waals surface area contributed by atoms with Crippen molar-refractivity contribution in [2.24, 2.45) is 0 Å². The number of halogens is 1. The van der Waals surface area contributed by atoms with Crippen LogP contribution in [0.15, 0.2) is 34.8 Å². The Morgan fingerprint density at radius 2 is 1.90 bits per heavy atom. The summed E-state index contributed by atoms with van der Waals surface area (Å²) in [6.07, 6.45) is 0.268. The fraction of sp³-hybridized carbons (Fsp3) is 0.188. The number of hydrogen-bond donors (Lipinski definition) is 0. The van der Waals surface area contributed by atoms with Gasteiger partial charge >= 0.3 is 0 Å². The maximum Gasteiger partial charge on any atom is 0.174 e. The van der Waals surface area contributed by atoms with E-state index in [1.165, 1.54) is 7.11 Å². The molecule has 0 unspecified atom stereocenters. The Hall–Kier alpha value is -2.01. The topological polar surface area (TPSA) is 44.8 Å². The number of hydrogen-bond acceptors (Lipinski definition) is 4. The van der Waals surface area contributed by atoms with Gasteiger partial charge in [0.1, 0.15) is 28.6 Å². The summed E-state index contributed by atoms with van der Waals surface area (Å²) < 4.78 is 17.4. The van der Waals surface area contributed by atoms with E-state index in [2.05, 4.69) is 15.9 Å². The largest absolute Gasteiger partial charge is 0.496 e. The third-order valence-corrected chi connectivity index (χ3v) is 3.86. The molecule has 21 heavy (non-hydrogen) atoms. The molecule has 2 aromatic rings. The maximum absolute atomic E-state index is 12.5. The third-order valence-electron chi connectivity index (χ3n) is 3.37. The summed E-state index contributed by atoms with van der Waals surface area (Å²) in [5, 5.41) is 0. The van der Waals surface area contributed by atoms with Crippen LogP contribution in [0.25, 0.3) is 0 Å². The van der Waals surface area contributed by atoms with Crippen LogP contribution in [0.3, 0.4) is 0 Å². The van der Waals surface area contributed by atoms with E-state index in [0.717, 1.165) is 10.0 Å². The van der Waals surface area contributed by atoms with Gasteiger partial charge in [-0.3, -0.25) is 4.79 Å². The zero-order valence-corrected chi connectivity index (χ0v) is 13.2. The van der Waals surface area contributed by atoms with Gasteiger partial charge in [-0.1, -0.05) is 15.9 Å². The van der Waals surface area contributed by atoms with E-state index in [-0.39, 0.29) is 12.2 Å². The second kappa shape index (κ2) is 5.41. The molecule has 3 rings (SSSR count). The lowest BCUT2D eigenvalue weighted by Gasteiger charge is -2.13. The molecule has 0 spiro atoms. The van der Waals surface area contributed by atoms with Crippen LogP contribution in [0.1, 0.15) is 15.9 Å². The van der Waals surface area contributed by atoms with Crippen molar-refractivity contribution in [3.05, 3.63) is 45.9 Å². The second-order valence-corrected chi connectivity index (χ2v) is 5.57. The molecule has 0 atom stereocenters. The van der Waals surface area contributed by atoms with Gasteiger partial charge in [0, 0.05) is 28.6 Å². The molecule has 0 radical (unpaired) electrons. The second-order valence-electron chi connectivity index (χ2n) is 4.66. The molecule has 5 heteroatoms. The van der Waals surface area contributed by atoms with Gasteiger partial charge in [-0.15, -0.1) is 0 Å². The fourth-order valence-corrected chi connectivity index (χ4v) is 2.77.